The van der Waals surface area contributed by atoms with E-state index in [1.807, 2.05) is 6.07 Å². The van der Waals surface area contributed by atoms with Gasteiger partial charge in [0.1, 0.15) is 0 Å². The molecule has 0 unspecified atom stereocenters. The number of hydrogen-bond acceptors (Lipinski definition) is 5. The third-order valence-electron chi connectivity index (χ3n) is 3.42. The van der Waals surface area contributed by atoms with E-state index < -0.39 is 0 Å². The quantitative estimate of drug-likeness (QED) is 0.885. The molecule has 0 spiro atoms. The van der Waals surface area contributed by atoms with Gasteiger partial charge in [-0.2, -0.15) is 5.10 Å². The lowest BCUT2D eigenvalue weighted by molar-refractivity contribution is 0.757. The van der Waals surface area contributed by atoms with Crippen molar-refractivity contribution in [3.05, 3.63) is 47.6 Å². The monoisotopic (exact) mass is 301 g/mol. The van der Waals surface area contributed by atoms with Crippen LogP contribution in [-0.4, -0.2) is 29.0 Å². The number of para-hydroxylation sites is 1. The number of halogens is 1. The van der Waals surface area contributed by atoms with E-state index in [2.05, 4.69) is 49.9 Å². The van der Waals surface area contributed by atoms with E-state index in [0.29, 0.717) is 11.0 Å². The highest BCUT2D eigenvalue weighted by molar-refractivity contribution is 6.29. The standard InChI is InChI=1S/C15H16ClN5/c16-14-6-7-15(20-18-14)19-17-12-8-10-21(11-9-12)13-4-2-1-3-5-13/h1-7H,8-11H2,(H,19,20). The van der Waals surface area contributed by atoms with Crippen molar-refractivity contribution in [3.63, 3.8) is 0 Å². The first-order valence-corrected chi connectivity index (χ1v) is 7.30. The minimum absolute atomic E-state index is 0.379. The van der Waals surface area contributed by atoms with E-state index in [-0.39, 0.29) is 0 Å². The molecule has 3 rings (SSSR count). The van der Waals surface area contributed by atoms with Gasteiger partial charge in [0.05, 0.1) is 0 Å². The number of piperidine rings is 1. The van der Waals surface area contributed by atoms with Crippen LogP contribution in [0, 0.1) is 0 Å². The van der Waals surface area contributed by atoms with Crippen LogP contribution in [0.15, 0.2) is 47.6 Å². The largest absolute Gasteiger partial charge is 0.371 e. The molecular weight excluding hydrogens is 286 g/mol. The van der Waals surface area contributed by atoms with Gasteiger partial charge in [-0.1, -0.05) is 29.8 Å². The summed E-state index contributed by atoms with van der Waals surface area (Å²) in [6, 6.07) is 13.9. The molecule has 108 valence electrons. The molecule has 1 aliphatic heterocycles. The summed E-state index contributed by atoms with van der Waals surface area (Å²) in [5.74, 6) is 0.609. The van der Waals surface area contributed by atoms with Crippen molar-refractivity contribution >= 4 is 28.8 Å². The van der Waals surface area contributed by atoms with E-state index in [9.17, 15) is 0 Å². The third-order valence-corrected chi connectivity index (χ3v) is 3.62. The summed E-state index contributed by atoms with van der Waals surface area (Å²) in [6.07, 6.45) is 1.89. The molecular formula is C15H16ClN5. The minimum Gasteiger partial charge on any atom is -0.371 e. The van der Waals surface area contributed by atoms with Gasteiger partial charge < -0.3 is 4.90 Å². The summed E-state index contributed by atoms with van der Waals surface area (Å²) >= 11 is 5.69. The molecule has 0 saturated carbocycles. The topological polar surface area (TPSA) is 53.4 Å². The number of anilines is 2. The summed E-state index contributed by atoms with van der Waals surface area (Å²) in [4.78, 5) is 2.38. The number of rotatable bonds is 3. The molecule has 21 heavy (non-hydrogen) atoms. The van der Waals surface area contributed by atoms with Crippen LogP contribution < -0.4 is 10.3 Å². The summed E-state index contributed by atoms with van der Waals surface area (Å²) in [6.45, 7) is 1.97. The number of aromatic nitrogens is 2. The van der Waals surface area contributed by atoms with Gasteiger partial charge in [-0.3, -0.25) is 5.43 Å². The lowest BCUT2D eigenvalue weighted by Gasteiger charge is -2.29. The molecule has 6 heteroatoms. The first kappa shape index (κ1) is 13.8. The van der Waals surface area contributed by atoms with Crippen molar-refractivity contribution in [2.75, 3.05) is 23.4 Å². The normalized spacial score (nSPS) is 14.9. The number of hydrazone groups is 1. The Hall–Kier alpha value is -2.14. The van der Waals surface area contributed by atoms with Crippen LogP contribution in [0.2, 0.25) is 5.15 Å². The summed E-state index contributed by atoms with van der Waals surface area (Å²) in [5, 5.41) is 12.5. The molecule has 0 aliphatic carbocycles. The van der Waals surface area contributed by atoms with Gasteiger partial charge in [-0.05, 0) is 24.3 Å². The van der Waals surface area contributed by atoms with Crippen LogP contribution in [0.5, 0.6) is 0 Å². The second-order valence-corrected chi connectivity index (χ2v) is 5.24. The van der Waals surface area contributed by atoms with Gasteiger partial charge in [0.15, 0.2) is 11.0 Å². The van der Waals surface area contributed by atoms with Gasteiger partial charge in [0.25, 0.3) is 0 Å². The molecule has 1 saturated heterocycles. The zero-order valence-electron chi connectivity index (χ0n) is 11.5. The molecule has 2 heterocycles. The van der Waals surface area contributed by atoms with Crippen molar-refractivity contribution in [1.82, 2.24) is 10.2 Å². The second-order valence-electron chi connectivity index (χ2n) is 4.85. The van der Waals surface area contributed by atoms with Crippen molar-refractivity contribution in [2.24, 2.45) is 5.10 Å². The fraction of sp³-hybridized carbons (Fsp3) is 0.267. The Kier molecular flexibility index (Phi) is 4.31. The molecule has 2 aromatic rings. The van der Waals surface area contributed by atoms with Crippen LogP contribution in [-0.2, 0) is 0 Å². The van der Waals surface area contributed by atoms with Gasteiger partial charge >= 0.3 is 0 Å². The van der Waals surface area contributed by atoms with Crippen molar-refractivity contribution in [3.8, 4) is 0 Å². The van der Waals surface area contributed by atoms with E-state index in [1.54, 1.807) is 12.1 Å². The summed E-state index contributed by atoms with van der Waals surface area (Å²) in [5.41, 5.74) is 5.36. The predicted octanol–water partition coefficient (Wildman–Crippen LogP) is 3.20. The van der Waals surface area contributed by atoms with Gasteiger partial charge in [0.2, 0.25) is 0 Å². The molecule has 0 amide bonds. The maximum atomic E-state index is 5.69. The first-order chi connectivity index (χ1) is 10.3. The lowest BCUT2D eigenvalue weighted by Crippen LogP contribution is -2.34. The molecule has 1 aromatic carbocycles. The van der Waals surface area contributed by atoms with E-state index in [0.717, 1.165) is 31.6 Å². The molecule has 1 aliphatic rings. The van der Waals surface area contributed by atoms with Gasteiger partial charge in [-0.15, -0.1) is 10.2 Å². The molecule has 1 N–H and O–H groups in total. The van der Waals surface area contributed by atoms with E-state index >= 15 is 0 Å². The maximum absolute atomic E-state index is 5.69. The Bertz CT molecular complexity index is 602. The number of benzene rings is 1. The van der Waals surface area contributed by atoms with Crippen LogP contribution in [0.3, 0.4) is 0 Å². The van der Waals surface area contributed by atoms with Crippen LogP contribution >= 0.6 is 11.6 Å². The Balaban J connectivity index is 1.55. The van der Waals surface area contributed by atoms with Crippen LogP contribution in [0.4, 0.5) is 11.5 Å². The highest BCUT2D eigenvalue weighted by Gasteiger charge is 2.15. The zero-order valence-corrected chi connectivity index (χ0v) is 12.3. The van der Waals surface area contributed by atoms with Gasteiger partial charge in [0, 0.05) is 37.3 Å². The molecule has 0 radical (unpaired) electrons. The average Bonchev–Trinajstić information content (AvgIpc) is 2.56. The molecule has 5 nitrogen and oxygen atoms in total. The number of nitrogens with one attached hydrogen (secondary N) is 1. The Labute approximate surface area is 128 Å². The SMILES string of the molecule is Clc1ccc(NN=C2CCN(c3ccccc3)CC2)nn1. The maximum Gasteiger partial charge on any atom is 0.168 e. The fourth-order valence-corrected chi connectivity index (χ4v) is 2.39. The van der Waals surface area contributed by atoms with E-state index in [4.69, 9.17) is 11.6 Å². The molecule has 1 fully saturated rings. The molecule has 1 aromatic heterocycles. The Morgan fingerprint density at radius 1 is 1.00 bits per heavy atom. The number of hydrogen-bond donors (Lipinski definition) is 1. The van der Waals surface area contributed by atoms with Crippen molar-refractivity contribution in [2.45, 2.75) is 12.8 Å². The Morgan fingerprint density at radius 3 is 2.43 bits per heavy atom. The Morgan fingerprint density at radius 2 is 1.76 bits per heavy atom. The average molecular weight is 302 g/mol. The minimum atomic E-state index is 0.379. The smallest absolute Gasteiger partial charge is 0.168 e. The summed E-state index contributed by atoms with van der Waals surface area (Å²) in [7, 11) is 0. The summed E-state index contributed by atoms with van der Waals surface area (Å²) < 4.78 is 0. The predicted molar refractivity (Wildman–Crippen MR) is 86.0 cm³/mol. The van der Waals surface area contributed by atoms with Crippen LogP contribution in [0.1, 0.15) is 12.8 Å². The first-order valence-electron chi connectivity index (χ1n) is 6.92. The van der Waals surface area contributed by atoms with Crippen molar-refractivity contribution < 1.29 is 0 Å². The fourth-order valence-electron chi connectivity index (χ4n) is 2.29. The number of nitrogens with zero attached hydrogens (tertiary/aromatic N) is 4. The highest BCUT2D eigenvalue weighted by atomic mass is 35.5. The van der Waals surface area contributed by atoms with E-state index in [1.165, 1.54) is 5.69 Å². The van der Waals surface area contributed by atoms with Crippen molar-refractivity contribution in [1.29, 1.82) is 0 Å². The molecule has 0 atom stereocenters. The highest BCUT2D eigenvalue weighted by Crippen LogP contribution is 2.18. The zero-order chi connectivity index (χ0) is 14.5. The third kappa shape index (κ3) is 3.70. The lowest BCUT2D eigenvalue weighted by atomic mass is 10.1. The van der Waals surface area contributed by atoms with Gasteiger partial charge in [-0.25, -0.2) is 0 Å². The van der Waals surface area contributed by atoms with Crippen LogP contribution in [0.25, 0.3) is 0 Å². The second kappa shape index (κ2) is 6.54. The molecule has 0 bridgehead atoms.